The van der Waals surface area contributed by atoms with Crippen LogP contribution in [0.1, 0.15) is 60.8 Å². The Morgan fingerprint density at radius 2 is 1.26 bits per heavy atom. The largest absolute Gasteiger partial charge is 0.480 e. The highest BCUT2D eigenvalue weighted by Gasteiger charge is 2.34. The third kappa shape index (κ3) is 9.90. The van der Waals surface area contributed by atoms with Gasteiger partial charge in [-0.2, -0.15) is 12.6 Å². The maximum atomic E-state index is 13.0. The molecular formula is C21H40N4O5S. The number of amides is 3. The lowest BCUT2D eigenvalue weighted by atomic mass is 9.94. The van der Waals surface area contributed by atoms with Gasteiger partial charge in [-0.1, -0.05) is 54.4 Å². The Morgan fingerprint density at radius 3 is 1.61 bits per heavy atom. The smallest absolute Gasteiger partial charge is 0.326 e. The number of carbonyl (C=O) groups excluding carboxylic acids is 3. The zero-order valence-electron chi connectivity index (χ0n) is 19.5. The summed E-state index contributed by atoms with van der Waals surface area (Å²) in [4.78, 5) is 49.7. The van der Waals surface area contributed by atoms with Crippen molar-refractivity contribution in [1.82, 2.24) is 16.0 Å². The van der Waals surface area contributed by atoms with Crippen molar-refractivity contribution in [3.63, 3.8) is 0 Å². The molecular weight excluding hydrogens is 420 g/mol. The Morgan fingerprint density at radius 1 is 0.839 bits per heavy atom. The van der Waals surface area contributed by atoms with Crippen molar-refractivity contribution in [3.8, 4) is 0 Å². The first-order valence-electron chi connectivity index (χ1n) is 10.9. The highest BCUT2D eigenvalue weighted by Crippen LogP contribution is 2.13. The quantitative estimate of drug-likeness (QED) is 0.212. The molecule has 0 saturated carbocycles. The van der Waals surface area contributed by atoms with Gasteiger partial charge >= 0.3 is 5.97 Å². The Hall–Kier alpha value is -1.81. The lowest BCUT2D eigenvalue weighted by molar-refractivity contribution is -0.143. The van der Waals surface area contributed by atoms with Crippen LogP contribution in [-0.2, 0) is 19.2 Å². The van der Waals surface area contributed by atoms with Gasteiger partial charge in [0.25, 0.3) is 0 Å². The van der Waals surface area contributed by atoms with Crippen molar-refractivity contribution in [2.75, 3.05) is 5.75 Å². The van der Waals surface area contributed by atoms with Crippen LogP contribution < -0.4 is 21.7 Å². The average molecular weight is 461 g/mol. The fourth-order valence-electron chi connectivity index (χ4n) is 2.94. The molecule has 6 N–H and O–H groups in total. The van der Waals surface area contributed by atoms with Crippen LogP contribution in [0.3, 0.4) is 0 Å². The highest BCUT2D eigenvalue weighted by molar-refractivity contribution is 7.80. The van der Waals surface area contributed by atoms with Crippen LogP contribution in [0.25, 0.3) is 0 Å². The van der Waals surface area contributed by atoms with Gasteiger partial charge in [0.15, 0.2) is 0 Å². The number of nitrogens with two attached hydrogens (primary N) is 1. The van der Waals surface area contributed by atoms with Crippen LogP contribution in [-0.4, -0.2) is 58.7 Å². The number of hydrogen-bond acceptors (Lipinski definition) is 6. The molecule has 0 rings (SSSR count). The van der Waals surface area contributed by atoms with Gasteiger partial charge < -0.3 is 26.8 Å². The predicted octanol–water partition coefficient (Wildman–Crippen LogP) is 0.921. The van der Waals surface area contributed by atoms with Crippen LogP contribution in [0.15, 0.2) is 0 Å². The minimum absolute atomic E-state index is 0.0686. The van der Waals surface area contributed by atoms with Crippen molar-refractivity contribution >= 4 is 36.3 Å². The molecule has 31 heavy (non-hydrogen) atoms. The van der Waals surface area contributed by atoms with E-state index in [0.717, 1.165) is 0 Å². The molecule has 0 aromatic heterocycles. The van der Waals surface area contributed by atoms with Crippen LogP contribution in [0, 0.1) is 17.8 Å². The second-order valence-corrected chi connectivity index (χ2v) is 8.93. The Kier molecular flexibility index (Phi) is 13.5. The van der Waals surface area contributed by atoms with Gasteiger partial charge in [0, 0.05) is 5.75 Å². The Labute approximate surface area is 191 Å². The normalized spacial score (nSPS) is 17.1. The number of nitrogens with one attached hydrogen (secondary N) is 3. The lowest BCUT2D eigenvalue weighted by Gasteiger charge is -2.30. The summed E-state index contributed by atoms with van der Waals surface area (Å²) in [7, 11) is 0. The molecule has 0 aromatic carbocycles. The Bertz CT molecular complexity index is 617. The summed E-state index contributed by atoms with van der Waals surface area (Å²) in [5, 5.41) is 17.4. The van der Waals surface area contributed by atoms with E-state index in [2.05, 4.69) is 28.6 Å². The van der Waals surface area contributed by atoms with E-state index in [4.69, 9.17) is 5.73 Å². The molecule has 0 aliphatic rings. The van der Waals surface area contributed by atoms with E-state index in [1.807, 2.05) is 34.6 Å². The maximum Gasteiger partial charge on any atom is 0.326 e. The molecule has 0 aliphatic heterocycles. The van der Waals surface area contributed by atoms with Crippen molar-refractivity contribution in [2.24, 2.45) is 23.5 Å². The van der Waals surface area contributed by atoms with Gasteiger partial charge in [-0.05, 0) is 24.2 Å². The van der Waals surface area contributed by atoms with Crippen LogP contribution in [0.2, 0.25) is 0 Å². The number of thiol groups is 1. The molecule has 3 amide bonds. The lowest BCUT2D eigenvalue weighted by Crippen LogP contribution is -2.60. The molecule has 6 atom stereocenters. The molecule has 180 valence electrons. The standard InChI is InChI=1S/C21H40N4O5S/c1-7-12(5)16(19(27)23-15(21(29)30)9-11(3)4)25-20(28)17(13(6)8-2)24-18(26)14(22)10-31/h11-17,31H,7-10,22H2,1-6H3,(H,23,27)(H,24,26)(H,25,28)(H,29,30). The molecule has 0 heterocycles. The highest BCUT2D eigenvalue weighted by atomic mass is 32.1. The first-order valence-corrected chi connectivity index (χ1v) is 11.5. The number of carboxylic acid groups (broad SMARTS) is 1. The fourth-order valence-corrected chi connectivity index (χ4v) is 3.11. The fraction of sp³-hybridized carbons (Fsp3) is 0.810. The second-order valence-electron chi connectivity index (χ2n) is 8.56. The first-order chi connectivity index (χ1) is 14.4. The zero-order valence-corrected chi connectivity index (χ0v) is 20.4. The molecule has 0 aromatic rings. The van der Waals surface area contributed by atoms with Crippen molar-refractivity contribution < 1.29 is 24.3 Å². The number of carbonyl (C=O) groups is 4. The molecule has 0 aliphatic carbocycles. The number of hydrogen-bond donors (Lipinski definition) is 6. The SMILES string of the molecule is CCC(C)C(NC(=O)C(N)CS)C(=O)NC(C(=O)NC(CC(C)C)C(=O)O)C(C)CC. The summed E-state index contributed by atoms with van der Waals surface area (Å²) in [6.07, 6.45) is 1.48. The summed E-state index contributed by atoms with van der Waals surface area (Å²) >= 11 is 4.01. The minimum Gasteiger partial charge on any atom is -0.480 e. The monoisotopic (exact) mass is 460 g/mol. The molecule has 0 spiro atoms. The van der Waals surface area contributed by atoms with Crippen molar-refractivity contribution in [2.45, 2.75) is 85.0 Å². The molecule has 0 fully saturated rings. The number of rotatable bonds is 14. The van der Waals surface area contributed by atoms with E-state index in [1.165, 1.54) is 0 Å². The van der Waals surface area contributed by atoms with E-state index in [9.17, 15) is 24.3 Å². The molecule has 9 nitrogen and oxygen atoms in total. The van der Waals surface area contributed by atoms with Crippen molar-refractivity contribution in [1.29, 1.82) is 0 Å². The number of carboxylic acids is 1. The molecule has 10 heteroatoms. The van der Waals surface area contributed by atoms with E-state index < -0.39 is 47.9 Å². The van der Waals surface area contributed by atoms with Crippen molar-refractivity contribution in [3.05, 3.63) is 0 Å². The molecule has 0 saturated heterocycles. The van der Waals surface area contributed by atoms with Gasteiger partial charge in [0.05, 0.1) is 6.04 Å². The maximum absolute atomic E-state index is 13.0. The van der Waals surface area contributed by atoms with E-state index in [1.54, 1.807) is 6.92 Å². The van der Waals surface area contributed by atoms with Crippen LogP contribution in [0.5, 0.6) is 0 Å². The summed E-state index contributed by atoms with van der Waals surface area (Å²) < 4.78 is 0. The summed E-state index contributed by atoms with van der Waals surface area (Å²) in [5.74, 6) is -2.94. The van der Waals surface area contributed by atoms with Gasteiger partial charge in [-0.25, -0.2) is 4.79 Å². The Balaban J connectivity index is 5.58. The molecule has 6 unspecified atom stereocenters. The van der Waals surface area contributed by atoms with E-state index in [0.29, 0.717) is 12.8 Å². The van der Waals surface area contributed by atoms with Crippen LogP contribution >= 0.6 is 12.6 Å². The molecule has 0 bridgehead atoms. The second kappa shape index (κ2) is 14.3. The van der Waals surface area contributed by atoms with Gasteiger partial charge in [-0.15, -0.1) is 0 Å². The summed E-state index contributed by atoms with van der Waals surface area (Å²) in [5.41, 5.74) is 5.71. The van der Waals surface area contributed by atoms with E-state index in [-0.39, 0.29) is 29.9 Å². The van der Waals surface area contributed by atoms with Gasteiger partial charge in [0.1, 0.15) is 18.1 Å². The summed E-state index contributed by atoms with van der Waals surface area (Å²) in [6.45, 7) is 11.1. The topological polar surface area (TPSA) is 151 Å². The zero-order chi connectivity index (χ0) is 24.3. The third-order valence-electron chi connectivity index (χ3n) is 5.44. The predicted molar refractivity (Wildman–Crippen MR) is 124 cm³/mol. The third-order valence-corrected chi connectivity index (χ3v) is 5.83. The first kappa shape index (κ1) is 29.2. The average Bonchev–Trinajstić information content (AvgIpc) is 2.72. The molecule has 0 radical (unpaired) electrons. The number of aliphatic carboxylic acids is 1. The van der Waals surface area contributed by atoms with Crippen LogP contribution in [0.4, 0.5) is 0 Å². The van der Waals surface area contributed by atoms with Gasteiger partial charge in [-0.3, -0.25) is 14.4 Å². The van der Waals surface area contributed by atoms with E-state index >= 15 is 0 Å². The summed E-state index contributed by atoms with van der Waals surface area (Å²) in [6, 6.07) is -3.72. The van der Waals surface area contributed by atoms with Gasteiger partial charge in [0.2, 0.25) is 17.7 Å². The minimum atomic E-state index is -1.12.